The Balaban J connectivity index is 1.56. The highest BCUT2D eigenvalue weighted by Gasteiger charge is 2.22. The minimum absolute atomic E-state index is 0.0493. The molecule has 0 saturated carbocycles. The van der Waals surface area contributed by atoms with Crippen molar-refractivity contribution in [2.75, 3.05) is 17.7 Å². The van der Waals surface area contributed by atoms with Crippen molar-refractivity contribution in [3.8, 4) is 17.1 Å². The molecule has 3 aromatic rings. The number of fused-ring (bicyclic) bond motifs is 2. The van der Waals surface area contributed by atoms with Gasteiger partial charge in [-0.1, -0.05) is 42.1 Å². The Labute approximate surface area is 153 Å². The maximum absolute atomic E-state index is 11.6. The molecule has 2 aromatic carbocycles. The number of carbonyl (C=O) groups excluding carboxylic acids is 1. The van der Waals surface area contributed by atoms with Crippen molar-refractivity contribution in [1.82, 2.24) is 14.9 Å². The third kappa shape index (κ3) is 2.55. The van der Waals surface area contributed by atoms with Crippen LogP contribution in [0.25, 0.3) is 11.4 Å². The zero-order chi connectivity index (χ0) is 17.5. The Morgan fingerprint density at radius 1 is 1.08 bits per heavy atom. The van der Waals surface area contributed by atoms with E-state index in [9.17, 15) is 4.79 Å². The number of ether oxygens (including phenoxy) is 1. The molecule has 0 atom stereocenters. The van der Waals surface area contributed by atoms with Gasteiger partial charge >= 0.3 is 0 Å². The number of rotatable bonds is 2. The minimum Gasteiger partial charge on any atom is -0.482 e. The summed E-state index contributed by atoms with van der Waals surface area (Å²) in [5.74, 6) is 1.91. The van der Waals surface area contributed by atoms with Gasteiger partial charge in [0.15, 0.2) is 12.4 Å². The van der Waals surface area contributed by atoms with Crippen molar-refractivity contribution in [2.45, 2.75) is 5.16 Å². The fraction of sp³-hybridized carbons (Fsp3) is 0.111. The number of hydrogen-bond donors (Lipinski definition) is 1. The third-order valence-electron chi connectivity index (χ3n) is 4.15. The van der Waals surface area contributed by atoms with Gasteiger partial charge in [0.05, 0.1) is 11.4 Å². The summed E-state index contributed by atoms with van der Waals surface area (Å²) in [4.78, 5) is 11.6. The molecule has 128 valence electrons. The van der Waals surface area contributed by atoms with Crippen LogP contribution in [0, 0.1) is 0 Å². The minimum atomic E-state index is -0.151. The second-order valence-corrected chi connectivity index (χ2v) is 6.81. The number of amides is 1. The van der Waals surface area contributed by atoms with Crippen molar-refractivity contribution in [1.29, 1.82) is 0 Å². The highest BCUT2D eigenvalue weighted by molar-refractivity contribution is 7.99. The maximum Gasteiger partial charge on any atom is 0.262 e. The lowest BCUT2D eigenvalue weighted by molar-refractivity contribution is -0.118. The van der Waals surface area contributed by atoms with Crippen LogP contribution in [-0.4, -0.2) is 38.9 Å². The first-order valence-corrected chi connectivity index (χ1v) is 9.05. The molecule has 2 aliphatic heterocycles. The van der Waals surface area contributed by atoms with Crippen LogP contribution in [0.15, 0.2) is 58.8 Å². The van der Waals surface area contributed by atoms with E-state index in [2.05, 4.69) is 15.5 Å². The van der Waals surface area contributed by atoms with Gasteiger partial charge in [0.2, 0.25) is 5.16 Å². The predicted octanol–water partition coefficient (Wildman–Crippen LogP) is 2.63. The van der Waals surface area contributed by atoms with Gasteiger partial charge in [-0.3, -0.25) is 4.79 Å². The predicted molar refractivity (Wildman–Crippen MR) is 98.7 cm³/mol. The largest absolute Gasteiger partial charge is 0.482 e. The van der Waals surface area contributed by atoms with Crippen molar-refractivity contribution in [2.24, 2.45) is 5.10 Å². The number of thioether (sulfide) groups is 1. The Morgan fingerprint density at radius 2 is 1.96 bits per heavy atom. The number of nitrogens with zero attached hydrogens (tertiary/aromatic N) is 4. The number of nitrogens with one attached hydrogen (secondary N) is 1. The van der Waals surface area contributed by atoms with Crippen molar-refractivity contribution >= 4 is 29.1 Å². The molecule has 7 nitrogen and oxygen atoms in total. The van der Waals surface area contributed by atoms with Crippen LogP contribution < -0.4 is 10.1 Å². The average Bonchev–Trinajstić information content (AvgIpc) is 3.11. The molecule has 0 saturated heterocycles. The van der Waals surface area contributed by atoms with Gasteiger partial charge in [-0.25, -0.2) is 0 Å². The molecule has 1 aromatic heterocycles. The quantitative estimate of drug-likeness (QED) is 0.757. The average molecular weight is 363 g/mol. The number of hydrogen-bond acceptors (Lipinski definition) is 6. The summed E-state index contributed by atoms with van der Waals surface area (Å²) in [6, 6.07) is 15.6. The van der Waals surface area contributed by atoms with E-state index in [4.69, 9.17) is 9.84 Å². The molecule has 1 N–H and O–H groups in total. The van der Waals surface area contributed by atoms with Crippen molar-refractivity contribution < 1.29 is 9.53 Å². The van der Waals surface area contributed by atoms with Gasteiger partial charge in [0.25, 0.3) is 5.91 Å². The molecule has 0 fully saturated rings. The molecule has 3 heterocycles. The van der Waals surface area contributed by atoms with Crippen LogP contribution >= 0.6 is 11.8 Å². The highest BCUT2D eigenvalue weighted by Crippen LogP contribution is 2.32. The van der Waals surface area contributed by atoms with Crippen LogP contribution in [0.2, 0.25) is 0 Å². The van der Waals surface area contributed by atoms with E-state index in [1.807, 2.05) is 48.5 Å². The highest BCUT2D eigenvalue weighted by atomic mass is 32.2. The molecule has 5 rings (SSSR count). The van der Waals surface area contributed by atoms with Crippen LogP contribution in [0.1, 0.15) is 5.56 Å². The summed E-state index contributed by atoms with van der Waals surface area (Å²) in [7, 11) is 0. The van der Waals surface area contributed by atoms with Gasteiger partial charge in [-0.2, -0.15) is 9.78 Å². The molecule has 0 radical (unpaired) electrons. The van der Waals surface area contributed by atoms with Crippen LogP contribution in [0.5, 0.6) is 5.75 Å². The van der Waals surface area contributed by atoms with Gasteiger partial charge in [-0.15, -0.1) is 10.2 Å². The lowest BCUT2D eigenvalue weighted by atomic mass is 10.1. The molecule has 26 heavy (non-hydrogen) atoms. The normalized spacial score (nSPS) is 15.4. The van der Waals surface area contributed by atoms with E-state index in [0.717, 1.165) is 22.0 Å². The lowest BCUT2D eigenvalue weighted by Crippen LogP contribution is -2.25. The molecule has 0 aliphatic carbocycles. The van der Waals surface area contributed by atoms with Gasteiger partial charge in [0, 0.05) is 16.9 Å². The number of benzene rings is 2. The Morgan fingerprint density at radius 3 is 2.85 bits per heavy atom. The van der Waals surface area contributed by atoms with E-state index in [0.29, 0.717) is 23.0 Å². The van der Waals surface area contributed by atoms with Crippen molar-refractivity contribution in [3.63, 3.8) is 0 Å². The second kappa shape index (κ2) is 5.99. The van der Waals surface area contributed by atoms with Crippen LogP contribution in [-0.2, 0) is 4.79 Å². The van der Waals surface area contributed by atoms with Crippen LogP contribution in [0.4, 0.5) is 5.69 Å². The molecule has 2 aliphatic rings. The van der Waals surface area contributed by atoms with Gasteiger partial charge < -0.3 is 10.1 Å². The molecule has 0 bridgehead atoms. The number of anilines is 1. The first-order chi connectivity index (χ1) is 12.8. The Hall–Kier alpha value is -3.13. The van der Waals surface area contributed by atoms with Crippen molar-refractivity contribution in [3.05, 3.63) is 54.1 Å². The molecule has 1 amide bonds. The fourth-order valence-electron chi connectivity index (χ4n) is 2.90. The smallest absolute Gasteiger partial charge is 0.262 e. The summed E-state index contributed by atoms with van der Waals surface area (Å²) in [5, 5.41) is 16.9. The van der Waals surface area contributed by atoms with Gasteiger partial charge in [0.1, 0.15) is 5.75 Å². The Kier molecular flexibility index (Phi) is 3.49. The molecule has 0 unspecified atom stereocenters. The molecular formula is C18H13N5O2S. The fourth-order valence-corrected chi connectivity index (χ4v) is 3.74. The standard InChI is InChI=1S/C18H13N5O2S/c24-16-9-25-15-7-6-12(8-13(15)19-16)14-10-26-18-21-20-17(23(18)22-14)11-4-2-1-3-5-11/h1-8H,9-10H2,(H,19,24). The van der Waals surface area contributed by atoms with E-state index in [1.165, 1.54) is 0 Å². The number of aromatic nitrogens is 3. The maximum atomic E-state index is 11.6. The van der Waals surface area contributed by atoms with Crippen LogP contribution in [0.3, 0.4) is 0 Å². The summed E-state index contributed by atoms with van der Waals surface area (Å²) >= 11 is 1.59. The summed E-state index contributed by atoms with van der Waals surface area (Å²) in [6.45, 7) is 0.0493. The zero-order valence-corrected chi connectivity index (χ0v) is 14.4. The zero-order valence-electron chi connectivity index (χ0n) is 13.5. The third-order valence-corrected chi connectivity index (χ3v) is 5.08. The van der Waals surface area contributed by atoms with E-state index in [-0.39, 0.29) is 12.5 Å². The molecule has 0 spiro atoms. The SMILES string of the molecule is O=C1COc2ccc(C3=Nn4c(nnc4-c4ccccc4)SC3)cc2N1. The first-order valence-electron chi connectivity index (χ1n) is 8.06. The van der Waals surface area contributed by atoms with E-state index < -0.39 is 0 Å². The second-order valence-electron chi connectivity index (χ2n) is 5.87. The summed E-state index contributed by atoms with van der Waals surface area (Å²) in [6.07, 6.45) is 0. The van der Waals surface area contributed by atoms with E-state index >= 15 is 0 Å². The molecular weight excluding hydrogens is 350 g/mol. The lowest BCUT2D eigenvalue weighted by Gasteiger charge is -2.19. The Bertz CT molecular complexity index is 1040. The number of carbonyl (C=O) groups is 1. The first kappa shape index (κ1) is 15.2. The topological polar surface area (TPSA) is 81.4 Å². The van der Waals surface area contributed by atoms with Gasteiger partial charge in [-0.05, 0) is 18.2 Å². The summed E-state index contributed by atoms with van der Waals surface area (Å²) in [5.41, 5.74) is 3.45. The van der Waals surface area contributed by atoms with E-state index in [1.54, 1.807) is 16.4 Å². The monoisotopic (exact) mass is 363 g/mol. The summed E-state index contributed by atoms with van der Waals surface area (Å²) < 4.78 is 7.19. The molecule has 8 heteroatoms.